The average Bonchev–Trinajstić information content (AvgIpc) is 2.60. The van der Waals surface area contributed by atoms with Gasteiger partial charge in [0.15, 0.2) is 6.61 Å². The number of carbonyl (C=O) groups excluding carboxylic acids is 1. The van der Waals surface area contributed by atoms with Crippen molar-refractivity contribution >= 4 is 12.1 Å². The van der Waals surface area contributed by atoms with E-state index in [1.54, 1.807) is 6.21 Å². The number of carbonyl (C=O) groups is 1. The van der Waals surface area contributed by atoms with Crippen LogP contribution < -0.4 is 14.9 Å². The molecule has 0 aliphatic heterocycles. The van der Waals surface area contributed by atoms with Gasteiger partial charge in [-0.25, -0.2) is 5.43 Å². The quantitative estimate of drug-likeness (QED) is 0.598. The van der Waals surface area contributed by atoms with Crippen molar-refractivity contribution in [1.29, 1.82) is 0 Å². The Hall–Kier alpha value is -2.82. The van der Waals surface area contributed by atoms with Crippen LogP contribution in [0.15, 0.2) is 53.6 Å². The smallest absolute Gasteiger partial charge is 0.277 e. The molecule has 24 heavy (non-hydrogen) atoms. The molecule has 5 heteroatoms. The van der Waals surface area contributed by atoms with E-state index < -0.39 is 0 Å². The summed E-state index contributed by atoms with van der Waals surface area (Å²) in [6.45, 7) is 4.59. The summed E-state index contributed by atoms with van der Waals surface area (Å²) in [7, 11) is 0. The Bertz CT molecular complexity index is 681. The molecule has 0 aliphatic rings. The summed E-state index contributed by atoms with van der Waals surface area (Å²) in [4.78, 5) is 11.7. The van der Waals surface area contributed by atoms with E-state index in [4.69, 9.17) is 9.47 Å². The van der Waals surface area contributed by atoms with Crippen LogP contribution in [-0.4, -0.2) is 25.3 Å². The first kappa shape index (κ1) is 17.5. The highest BCUT2D eigenvalue weighted by atomic mass is 16.5. The first-order valence-corrected chi connectivity index (χ1v) is 7.92. The number of amides is 1. The fourth-order valence-electron chi connectivity index (χ4n) is 1.92. The standard InChI is InChI=1S/C19H22N2O3/c1-3-12-23-18-7-5-4-6-16(18)13-20-21-19(22)14-24-17-10-8-15(2)9-11-17/h4-11,13H,3,12,14H2,1-2H3,(H,21,22)/b20-13+. The number of hydrogen-bond donors (Lipinski definition) is 1. The van der Waals surface area contributed by atoms with Crippen LogP contribution in [0.2, 0.25) is 0 Å². The highest BCUT2D eigenvalue weighted by molar-refractivity contribution is 5.85. The molecule has 2 rings (SSSR count). The summed E-state index contributed by atoms with van der Waals surface area (Å²) < 4.78 is 11.0. The van der Waals surface area contributed by atoms with Crippen LogP contribution in [0.1, 0.15) is 24.5 Å². The predicted molar refractivity (Wildman–Crippen MR) is 94.6 cm³/mol. The average molecular weight is 326 g/mol. The molecule has 0 heterocycles. The van der Waals surface area contributed by atoms with Gasteiger partial charge in [0, 0.05) is 5.56 Å². The number of nitrogens with one attached hydrogen (secondary N) is 1. The van der Waals surface area contributed by atoms with Crippen molar-refractivity contribution in [2.45, 2.75) is 20.3 Å². The van der Waals surface area contributed by atoms with E-state index in [9.17, 15) is 4.79 Å². The number of benzene rings is 2. The molecule has 1 amide bonds. The van der Waals surface area contributed by atoms with Crippen LogP contribution in [0.4, 0.5) is 0 Å². The zero-order chi connectivity index (χ0) is 17.2. The van der Waals surface area contributed by atoms with Crippen molar-refractivity contribution < 1.29 is 14.3 Å². The lowest BCUT2D eigenvalue weighted by atomic mass is 10.2. The summed E-state index contributed by atoms with van der Waals surface area (Å²) in [6, 6.07) is 15.1. The van der Waals surface area contributed by atoms with Gasteiger partial charge < -0.3 is 9.47 Å². The lowest BCUT2D eigenvalue weighted by Gasteiger charge is -2.07. The maximum absolute atomic E-state index is 11.7. The van der Waals surface area contributed by atoms with E-state index in [0.29, 0.717) is 12.4 Å². The van der Waals surface area contributed by atoms with Crippen LogP contribution in [0, 0.1) is 6.92 Å². The Morgan fingerprint density at radius 3 is 2.62 bits per heavy atom. The number of para-hydroxylation sites is 1. The van der Waals surface area contributed by atoms with Crippen molar-refractivity contribution in [3.05, 3.63) is 59.7 Å². The topological polar surface area (TPSA) is 59.9 Å². The molecule has 0 aromatic heterocycles. The Kier molecular flexibility index (Phi) is 6.83. The molecule has 0 atom stereocenters. The number of hydrogen-bond acceptors (Lipinski definition) is 4. The molecule has 0 fully saturated rings. The second-order valence-electron chi connectivity index (χ2n) is 5.28. The lowest BCUT2D eigenvalue weighted by Crippen LogP contribution is -2.24. The molecule has 2 aromatic carbocycles. The van der Waals surface area contributed by atoms with Gasteiger partial charge in [-0.05, 0) is 37.6 Å². The fraction of sp³-hybridized carbons (Fsp3) is 0.263. The first-order valence-electron chi connectivity index (χ1n) is 7.92. The van der Waals surface area contributed by atoms with Crippen molar-refractivity contribution in [3.8, 4) is 11.5 Å². The molecule has 5 nitrogen and oxygen atoms in total. The van der Waals surface area contributed by atoms with Crippen molar-refractivity contribution in [3.63, 3.8) is 0 Å². The van der Waals surface area contributed by atoms with Gasteiger partial charge in [-0.1, -0.05) is 36.8 Å². The number of ether oxygens (including phenoxy) is 2. The van der Waals surface area contributed by atoms with E-state index in [2.05, 4.69) is 10.5 Å². The number of hydrazone groups is 1. The molecule has 2 aromatic rings. The van der Waals surface area contributed by atoms with Gasteiger partial charge >= 0.3 is 0 Å². The Labute approximate surface area is 142 Å². The molecule has 0 saturated carbocycles. The maximum atomic E-state index is 11.7. The van der Waals surface area contributed by atoms with E-state index in [1.165, 1.54) is 0 Å². The van der Waals surface area contributed by atoms with Gasteiger partial charge in [0.2, 0.25) is 0 Å². The Morgan fingerprint density at radius 1 is 1.12 bits per heavy atom. The Balaban J connectivity index is 1.82. The maximum Gasteiger partial charge on any atom is 0.277 e. The summed E-state index contributed by atoms with van der Waals surface area (Å²) in [5, 5.41) is 3.95. The fourth-order valence-corrected chi connectivity index (χ4v) is 1.92. The summed E-state index contributed by atoms with van der Waals surface area (Å²) in [5.74, 6) is 1.07. The van der Waals surface area contributed by atoms with E-state index in [1.807, 2.05) is 62.4 Å². The molecule has 0 aliphatic carbocycles. The van der Waals surface area contributed by atoms with Crippen LogP contribution in [0.25, 0.3) is 0 Å². The number of rotatable bonds is 8. The van der Waals surface area contributed by atoms with Gasteiger partial charge in [0.05, 0.1) is 12.8 Å². The normalized spacial score (nSPS) is 10.6. The minimum absolute atomic E-state index is 0.0889. The van der Waals surface area contributed by atoms with Gasteiger partial charge in [-0.15, -0.1) is 0 Å². The van der Waals surface area contributed by atoms with Crippen molar-refractivity contribution in [2.24, 2.45) is 5.10 Å². The van der Waals surface area contributed by atoms with Crippen LogP contribution in [-0.2, 0) is 4.79 Å². The third kappa shape index (κ3) is 5.76. The van der Waals surface area contributed by atoms with Gasteiger partial charge in [0.25, 0.3) is 5.91 Å². The van der Waals surface area contributed by atoms with Crippen LogP contribution in [0.3, 0.4) is 0 Å². The van der Waals surface area contributed by atoms with Gasteiger partial charge in [0.1, 0.15) is 11.5 Å². The zero-order valence-electron chi connectivity index (χ0n) is 14.0. The number of nitrogens with zero attached hydrogens (tertiary/aromatic N) is 1. The molecule has 0 bridgehead atoms. The molecule has 0 saturated heterocycles. The molecule has 0 radical (unpaired) electrons. The third-order valence-electron chi connectivity index (χ3n) is 3.16. The molecular formula is C19H22N2O3. The molecule has 126 valence electrons. The van der Waals surface area contributed by atoms with E-state index >= 15 is 0 Å². The monoisotopic (exact) mass is 326 g/mol. The Morgan fingerprint density at radius 2 is 1.88 bits per heavy atom. The highest BCUT2D eigenvalue weighted by Crippen LogP contribution is 2.16. The van der Waals surface area contributed by atoms with Crippen LogP contribution >= 0.6 is 0 Å². The summed E-state index contributed by atoms with van der Waals surface area (Å²) in [6.07, 6.45) is 2.49. The highest BCUT2D eigenvalue weighted by Gasteiger charge is 2.02. The second kappa shape index (κ2) is 9.35. The van der Waals surface area contributed by atoms with E-state index in [-0.39, 0.29) is 12.5 Å². The largest absolute Gasteiger partial charge is 0.493 e. The van der Waals surface area contributed by atoms with Gasteiger partial charge in [-0.2, -0.15) is 5.10 Å². The SMILES string of the molecule is CCCOc1ccccc1/C=N/NC(=O)COc1ccc(C)cc1. The zero-order valence-corrected chi connectivity index (χ0v) is 14.0. The first-order chi connectivity index (χ1) is 11.7. The molecule has 0 unspecified atom stereocenters. The minimum Gasteiger partial charge on any atom is -0.493 e. The van der Waals surface area contributed by atoms with Gasteiger partial charge in [-0.3, -0.25) is 4.79 Å². The predicted octanol–water partition coefficient (Wildman–Crippen LogP) is 3.31. The van der Waals surface area contributed by atoms with Crippen molar-refractivity contribution in [2.75, 3.05) is 13.2 Å². The molecule has 1 N–H and O–H groups in total. The summed E-state index contributed by atoms with van der Waals surface area (Å²) in [5.41, 5.74) is 4.40. The van der Waals surface area contributed by atoms with Crippen LogP contribution in [0.5, 0.6) is 11.5 Å². The molecular weight excluding hydrogens is 304 g/mol. The minimum atomic E-state index is -0.321. The third-order valence-corrected chi connectivity index (χ3v) is 3.16. The molecule has 0 spiro atoms. The van der Waals surface area contributed by atoms with Crippen molar-refractivity contribution in [1.82, 2.24) is 5.43 Å². The van der Waals surface area contributed by atoms with E-state index in [0.717, 1.165) is 23.3 Å². The second-order valence-corrected chi connectivity index (χ2v) is 5.28. The lowest BCUT2D eigenvalue weighted by molar-refractivity contribution is -0.123. The summed E-state index contributed by atoms with van der Waals surface area (Å²) >= 11 is 0. The number of aryl methyl sites for hydroxylation is 1.